The molecule has 21 heavy (non-hydrogen) atoms. The van der Waals surface area contributed by atoms with E-state index in [4.69, 9.17) is 14.2 Å². The van der Waals surface area contributed by atoms with Gasteiger partial charge >= 0.3 is 0 Å². The Morgan fingerprint density at radius 2 is 0.619 bits per heavy atom. The van der Waals surface area contributed by atoms with Crippen LogP contribution in [0.2, 0.25) is 0 Å². The highest BCUT2D eigenvalue weighted by Crippen LogP contribution is 2.38. The van der Waals surface area contributed by atoms with Crippen LogP contribution >= 0.6 is 0 Å². The molecule has 0 spiro atoms. The second kappa shape index (κ2) is 6.55. The summed E-state index contributed by atoms with van der Waals surface area (Å²) in [6.45, 7) is 0. The highest BCUT2D eigenvalue weighted by molar-refractivity contribution is 4.90. The van der Waals surface area contributed by atoms with Crippen LogP contribution in [-0.4, -0.2) is 36.6 Å². The first-order valence-electron chi connectivity index (χ1n) is 9.36. The Hall–Kier alpha value is -0.120. The summed E-state index contributed by atoms with van der Waals surface area (Å²) in [6, 6.07) is 0. The lowest BCUT2D eigenvalue weighted by atomic mass is 10.0. The second-order valence-corrected chi connectivity index (χ2v) is 7.49. The van der Waals surface area contributed by atoms with Crippen molar-refractivity contribution in [2.75, 3.05) is 0 Å². The summed E-state index contributed by atoms with van der Waals surface area (Å²) in [4.78, 5) is 0. The van der Waals surface area contributed by atoms with Crippen LogP contribution in [0, 0.1) is 0 Å². The van der Waals surface area contributed by atoms with Gasteiger partial charge in [0.1, 0.15) is 0 Å². The van der Waals surface area contributed by atoms with E-state index < -0.39 is 0 Å². The number of fused-ring (bicyclic) bond motifs is 3. The van der Waals surface area contributed by atoms with E-state index in [9.17, 15) is 0 Å². The Morgan fingerprint density at radius 1 is 0.333 bits per heavy atom. The van der Waals surface area contributed by atoms with Crippen molar-refractivity contribution in [3.05, 3.63) is 0 Å². The number of hydrogen-bond acceptors (Lipinski definition) is 3. The van der Waals surface area contributed by atoms with Gasteiger partial charge in [0.05, 0.1) is 36.6 Å². The van der Waals surface area contributed by atoms with Gasteiger partial charge in [-0.15, -0.1) is 0 Å². The molecule has 3 aliphatic carbocycles. The van der Waals surface area contributed by atoms with Crippen molar-refractivity contribution in [1.29, 1.82) is 0 Å². The molecule has 6 atom stereocenters. The molecule has 3 saturated heterocycles. The maximum atomic E-state index is 5.36. The van der Waals surface area contributed by atoms with E-state index in [0.717, 1.165) is 0 Å². The quantitative estimate of drug-likeness (QED) is 0.634. The van der Waals surface area contributed by atoms with E-state index in [0.29, 0.717) is 36.6 Å². The van der Waals surface area contributed by atoms with Crippen molar-refractivity contribution >= 4 is 0 Å². The van der Waals surface area contributed by atoms with Gasteiger partial charge < -0.3 is 14.2 Å². The molecule has 120 valence electrons. The van der Waals surface area contributed by atoms with Crippen molar-refractivity contribution in [1.82, 2.24) is 0 Å². The first-order chi connectivity index (χ1) is 10.4. The van der Waals surface area contributed by atoms with Gasteiger partial charge in [-0.1, -0.05) is 32.1 Å². The maximum absolute atomic E-state index is 5.36. The third kappa shape index (κ3) is 4.20. The standard InChI is InChI=1S/C7H12O.C6H10O.C5H8O/c1-2-4-6-7(8-6)5-3-1;1-2-4-6-5(3-1)7-6;1-2-4-5(3-1)6-4/h6-7H,1-5H2;5-6H,1-4H2;4-5H,1-3H2. The smallest absolute Gasteiger partial charge is 0.0841 e. The Kier molecular flexibility index (Phi) is 4.52. The van der Waals surface area contributed by atoms with Crippen molar-refractivity contribution in [2.45, 2.75) is 114 Å². The highest BCUT2D eigenvalue weighted by atomic mass is 16.6. The van der Waals surface area contributed by atoms with Crippen LogP contribution in [0.15, 0.2) is 0 Å². The zero-order chi connectivity index (χ0) is 14.1. The Bertz CT molecular complexity index is 317. The summed E-state index contributed by atoms with van der Waals surface area (Å²) in [5.74, 6) is 0. The maximum Gasteiger partial charge on any atom is 0.0841 e. The lowest BCUT2D eigenvalue weighted by Crippen LogP contribution is -2.00. The van der Waals surface area contributed by atoms with Crippen LogP contribution in [0.1, 0.15) is 77.0 Å². The van der Waals surface area contributed by atoms with Crippen molar-refractivity contribution < 1.29 is 14.2 Å². The average Bonchev–Trinajstić information content (AvgIpc) is 3.40. The molecular formula is C18H30O3. The van der Waals surface area contributed by atoms with Crippen LogP contribution in [0.25, 0.3) is 0 Å². The first kappa shape index (κ1) is 14.5. The van der Waals surface area contributed by atoms with Crippen LogP contribution in [0.5, 0.6) is 0 Å². The fourth-order valence-corrected chi connectivity index (χ4v) is 4.14. The third-order valence-electron chi connectivity index (χ3n) is 5.74. The van der Waals surface area contributed by atoms with Gasteiger partial charge in [0.15, 0.2) is 0 Å². The molecule has 3 aliphatic heterocycles. The molecule has 0 aromatic rings. The zero-order valence-electron chi connectivity index (χ0n) is 13.2. The highest BCUT2D eigenvalue weighted by Gasteiger charge is 2.42. The molecule has 3 saturated carbocycles. The van der Waals surface area contributed by atoms with Crippen molar-refractivity contribution in [3.63, 3.8) is 0 Å². The van der Waals surface area contributed by atoms with Crippen molar-refractivity contribution in [3.8, 4) is 0 Å². The summed E-state index contributed by atoms with van der Waals surface area (Å²) in [7, 11) is 0. The molecule has 3 nitrogen and oxygen atoms in total. The van der Waals surface area contributed by atoms with E-state index in [1.165, 1.54) is 77.0 Å². The molecule has 0 amide bonds. The summed E-state index contributed by atoms with van der Waals surface area (Å²) < 4.78 is 15.8. The van der Waals surface area contributed by atoms with Crippen LogP contribution in [-0.2, 0) is 14.2 Å². The van der Waals surface area contributed by atoms with Gasteiger partial charge in [-0.05, 0) is 44.9 Å². The minimum absolute atomic E-state index is 0.692. The molecule has 0 aromatic heterocycles. The normalized spacial score (nSPS) is 48.0. The molecule has 0 bridgehead atoms. The van der Waals surface area contributed by atoms with Crippen molar-refractivity contribution in [2.24, 2.45) is 0 Å². The van der Waals surface area contributed by atoms with E-state index in [1.807, 2.05) is 0 Å². The zero-order valence-corrected chi connectivity index (χ0v) is 13.2. The summed E-state index contributed by atoms with van der Waals surface area (Å²) in [5.41, 5.74) is 0. The SMILES string of the molecule is C1CC2OC2C1.C1CCC2OC2C1.C1CCC2OC2CC1. The molecule has 6 aliphatic rings. The number of rotatable bonds is 0. The third-order valence-corrected chi connectivity index (χ3v) is 5.74. The molecule has 0 radical (unpaired) electrons. The Labute approximate surface area is 128 Å². The van der Waals surface area contributed by atoms with Gasteiger partial charge in [0.2, 0.25) is 0 Å². The monoisotopic (exact) mass is 294 g/mol. The fraction of sp³-hybridized carbons (Fsp3) is 1.00. The largest absolute Gasteiger partial charge is 0.370 e. The number of epoxide rings is 3. The molecule has 6 fully saturated rings. The summed E-state index contributed by atoms with van der Waals surface area (Å²) in [5, 5.41) is 0. The van der Waals surface area contributed by atoms with E-state index in [1.54, 1.807) is 0 Å². The van der Waals surface area contributed by atoms with Gasteiger partial charge in [-0.25, -0.2) is 0 Å². The molecule has 0 aromatic carbocycles. The van der Waals surface area contributed by atoms with Crippen LogP contribution in [0.4, 0.5) is 0 Å². The molecule has 6 rings (SSSR count). The fourth-order valence-electron chi connectivity index (χ4n) is 4.14. The van der Waals surface area contributed by atoms with Gasteiger partial charge in [-0.3, -0.25) is 0 Å². The second-order valence-electron chi connectivity index (χ2n) is 7.49. The molecular weight excluding hydrogens is 264 g/mol. The summed E-state index contributed by atoms with van der Waals surface area (Å²) >= 11 is 0. The Morgan fingerprint density at radius 3 is 0.952 bits per heavy atom. The molecule has 3 heterocycles. The lowest BCUT2D eigenvalue weighted by molar-refractivity contribution is 0.322. The van der Waals surface area contributed by atoms with E-state index in [-0.39, 0.29) is 0 Å². The minimum Gasteiger partial charge on any atom is -0.370 e. The van der Waals surface area contributed by atoms with Gasteiger partial charge in [0, 0.05) is 0 Å². The van der Waals surface area contributed by atoms with Crippen LogP contribution < -0.4 is 0 Å². The summed E-state index contributed by atoms with van der Waals surface area (Å²) in [6.07, 6.45) is 20.7. The predicted molar refractivity (Wildman–Crippen MR) is 81.4 cm³/mol. The first-order valence-corrected chi connectivity index (χ1v) is 9.36. The predicted octanol–water partition coefficient (Wildman–Crippen LogP) is 3.98. The number of ether oxygens (including phenoxy) is 3. The number of hydrogen-bond donors (Lipinski definition) is 0. The molecule has 3 heteroatoms. The lowest BCUT2D eigenvalue weighted by Gasteiger charge is -2.00. The van der Waals surface area contributed by atoms with E-state index in [2.05, 4.69) is 0 Å². The topological polar surface area (TPSA) is 37.6 Å². The van der Waals surface area contributed by atoms with Crippen LogP contribution in [0.3, 0.4) is 0 Å². The van der Waals surface area contributed by atoms with Gasteiger partial charge in [0.25, 0.3) is 0 Å². The average molecular weight is 294 g/mol. The van der Waals surface area contributed by atoms with E-state index >= 15 is 0 Å². The molecule has 0 N–H and O–H groups in total. The molecule has 6 unspecified atom stereocenters. The minimum atomic E-state index is 0.692. The Balaban J connectivity index is 0.0000000831. The van der Waals surface area contributed by atoms with Gasteiger partial charge in [-0.2, -0.15) is 0 Å².